The largest absolute Gasteiger partial charge is 0.460 e. The van der Waals surface area contributed by atoms with Crippen molar-refractivity contribution in [3.63, 3.8) is 0 Å². The number of hydrogen-bond donors (Lipinski definition) is 1. The summed E-state index contributed by atoms with van der Waals surface area (Å²) in [5.41, 5.74) is 0. The molecule has 1 fully saturated rings. The number of nitrogens with zero attached hydrogens (tertiary/aromatic N) is 1. The van der Waals surface area contributed by atoms with E-state index in [4.69, 9.17) is 4.74 Å². The summed E-state index contributed by atoms with van der Waals surface area (Å²) in [6, 6.07) is 0.256. The van der Waals surface area contributed by atoms with Crippen LogP contribution in [0.15, 0.2) is 0 Å². The maximum absolute atomic E-state index is 11.5. The van der Waals surface area contributed by atoms with E-state index >= 15 is 0 Å². The third-order valence-electron chi connectivity index (χ3n) is 2.86. The standard InChI is InChI=1S/C11H22N2O2/c1-8(2)11(14)15-10-5-6-13(4)7-9(10)12-3/h8-10,12H,5-7H2,1-4H3. The number of rotatable bonds is 3. The molecule has 0 aromatic heterocycles. The molecule has 1 N–H and O–H groups in total. The van der Waals surface area contributed by atoms with Gasteiger partial charge in [0, 0.05) is 13.1 Å². The zero-order valence-electron chi connectivity index (χ0n) is 10.1. The van der Waals surface area contributed by atoms with Crippen molar-refractivity contribution in [1.82, 2.24) is 10.2 Å². The highest BCUT2D eigenvalue weighted by Crippen LogP contribution is 2.14. The maximum Gasteiger partial charge on any atom is 0.308 e. The second-order valence-electron chi connectivity index (χ2n) is 4.58. The third-order valence-corrected chi connectivity index (χ3v) is 2.86. The molecule has 1 aliphatic heterocycles. The van der Waals surface area contributed by atoms with Gasteiger partial charge < -0.3 is 15.0 Å². The van der Waals surface area contributed by atoms with Crippen molar-refractivity contribution in [2.45, 2.75) is 32.4 Å². The molecular weight excluding hydrogens is 192 g/mol. The summed E-state index contributed by atoms with van der Waals surface area (Å²) in [5, 5.41) is 3.21. The molecule has 0 radical (unpaired) electrons. The van der Waals surface area contributed by atoms with Gasteiger partial charge in [0.15, 0.2) is 0 Å². The summed E-state index contributed by atoms with van der Waals surface area (Å²) >= 11 is 0. The van der Waals surface area contributed by atoms with E-state index in [1.165, 1.54) is 0 Å². The molecule has 0 aromatic rings. The van der Waals surface area contributed by atoms with Crippen LogP contribution >= 0.6 is 0 Å². The van der Waals surface area contributed by atoms with Crippen LogP contribution in [-0.4, -0.2) is 50.2 Å². The van der Waals surface area contributed by atoms with Gasteiger partial charge in [-0.15, -0.1) is 0 Å². The molecule has 0 bridgehead atoms. The van der Waals surface area contributed by atoms with Gasteiger partial charge in [-0.25, -0.2) is 0 Å². The molecule has 88 valence electrons. The van der Waals surface area contributed by atoms with Gasteiger partial charge in [-0.05, 0) is 20.5 Å². The number of esters is 1. The van der Waals surface area contributed by atoms with Crippen molar-refractivity contribution in [2.75, 3.05) is 27.2 Å². The number of ether oxygens (including phenoxy) is 1. The molecule has 0 aliphatic carbocycles. The third kappa shape index (κ3) is 3.47. The lowest BCUT2D eigenvalue weighted by Crippen LogP contribution is -2.53. The molecule has 4 heteroatoms. The molecule has 2 unspecified atom stereocenters. The normalized spacial score (nSPS) is 28.1. The average molecular weight is 214 g/mol. The average Bonchev–Trinajstić information content (AvgIpc) is 2.20. The lowest BCUT2D eigenvalue weighted by Gasteiger charge is -2.36. The summed E-state index contributed by atoms with van der Waals surface area (Å²) in [5.74, 6) is -0.132. The molecule has 4 nitrogen and oxygen atoms in total. The lowest BCUT2D eigenvalue weighted by atomic mass is 10.0. The zero-order valence-corrected chi connectivity index (χ0v) is 10.1. The van der Waals surface area contributed by atoms with E-state index in [0.717, 1.165) is 19.5 Å². The topological polar surface area (TPSA) is 41.6 Å². The highest BCUT2D eigenvalue weighted by atomic mass is 16.5. The van der Waals surface area contributed by atoms with Crippen LogP contribution in [0.4, 0.5) is 0 Å². The predicted octanol–water partition coefficient (Wildman–Crippen LogP) is 0.478. The first-order valence-electron chi connectivity index (χ1n) is 5.61. The van der Waals surface area contributed by atoms with Gasteiger partial charge in [0.25, 0.3) is 0 Å². The number of carbonyl (C=O) groups is 1. The van der Waals surface area contributed by atoms with E-state index < -0.39 is 0 Å². The van der Waals surface area contributed by atoms with Crippen LogP contribution in [0.5, 0.6) is 0 Å². The Morgan fingerprint density at radius 1 is 1.53 bits per heavy atom. The van der Waals surface area contributed by atoms with Gasteiger partial charge in [-0.2, -0.15) is 0 Å². The summed E-state index contributed by atoms with van der Waals surface area (Å²) in [6.45, 7) is 5.66. The number of likely N-dealkylation sites (N-methyl/N-ethyl adjacent to an activating group) is 2. The van der Waals surface area contributed by atoms with Crippen molar-refractivity contribution in [3.8, 4) is 0 Å². The Morgan fingerprint density at radius 3 is 2.73 bits per heavy atom. The molecule has 1 rings (SSSR count). The Balaban J connectivity index is 2.49. The van der Waals surface area contributed by atoms with E-state index in [1.807, 2.05) is 20.9 Å². The highest BCUT2D eigenvalue weighted by Gasteiger charge is 2.29. The first-order valence-corrected chi connectivity index (χ1v) is 5.61. The summed E-state index contributed by atoms with van der Waals surface area (Å²) < 4.78 is 5.48. The first-order chi connectivity index (χ1) is 7.04. The monoisotopic (exact) mass is 214 g/mol. The van der Waals surface area contributed by atoms with E-state index in [0.29, 0.717) is 0 Å². The maximum atomic E-state index is 11.5. The van der Waals surface area contributed by atoms with Crippen LogP contribution in [0.25, 0.3) is 0 Å². The van der Waals surface area contributed by atoms with Gasteiger partial charge in [0.2, 0.25) is 0 Å². The SMILES string of the molecule is CNC1CN(C)CCC1OC(=O)C(C)C. The summed E-state index contributed by atoms with van der Waals surface area (Å²) in [4.78, 5) is 13.7. The van der Waals surface area contributed by atoms with Crippen molar-refractivity contribution in [1.29, 1.82) is 0 Å². The first kappa shape index (κ1) is 12.5. The number of piperidine rings is 1. The van der Waals surface area contributed by atoms with Gasteiger partial charge in [0.1, 0.15) is 6.10 Å². The molecule has 1 heterocycles. The van der Waals surface area contributed by atoms with Crippen molar-refractivity contribution < 1.29 is 9.53 Å². The number of likely N-dealkylation sites (tertiary alicyclic amines) is 1. The Hall–Kier alpha value is -0.610. The Labute approximate surface area is 92.0 Å². The minimum atomic E-state index is -0.0928. The van der Waals surface area contributed by atoms with Gasteiger partial charge >= 0.3 is 5.97 Å². The molecule has 15 heavy (non-hydrogen) atoms. The van der Waals surface area contributed by atoms with Gasteiger partial charge in [-0.3, -0.25) is 4.79 Å². The minimum absolute atomic E-state index is 0.0288. The Kier molecular flexibility index (Phi) is 4.54. The fourth-order valence-corrected chi connectivity index (χ4v) is 1.80. The minimum Gasteiger partial charge on any atom is -0.460 e. The van der Waals surface area contributed by atoms with Crippen molar-refractivity contribution in [2.24, 2.45) is 5.92 Å². The smallest absolute Gasteiger partial charge is 0.308 e. The second kappa shape index (κ2) is 5.47. The lowest BCUT2D eigenvalue weighted by molar-refractivity contribution is -0.156. The van der Waals surface area contributed by atoms with Crippen molar-refractivity contribution in [3.05, 3.63) is 0 Å². The summed E-state index contributed by atoms with van der Waals surface area (Å²) in [7, 11) is 4.00. The highest BCUT2D eigenvalue weighted by molar-refractivity contribution is 5.71. The molecule has 1 saturated heterocycles. The van der Waals surface area contributed by atoms with E-state index in [1.54, 1.807) is 0 Å². The molecular formula is C11H22N2O2. The van der Waals surface area contributed by atoms with E-state index in [9.17, 15) is 4.79 Å². The molecule has 0 amide bonds. The molecule has 1 aliphatic rings. The predicted molar refractivity (Wildman–Crippen MR) is 59.7 cm³/mol. The molecule has 2 atom stereocenters. The zero-order chi connectivity index (χ0) is 11.4. The van der Waals surface area contributed by atoms with Crippen LogP contribution in [0.1, 0.15) is 20.3 Å². The van der Waals surface area contributed by atoms with Crippen LogP contribution in [0, 0.1) is 5.92 Å². The molecule has 0 aromatic carbocycles. The molecule has 0 spiro atoms. The fraction of sp³-hybridized carbons (Fsp3) is 0.909. The Morgan fingerprint density at radius 2 is 2.20 bits per heavy atom. The van der Waals surface area contributed by atoms with E-state index in [2.05, 4.69) is 17.3 Å². The van der Waals surface area contributed by atoms with Crippen LogP contribution < -0.4 is 5.32 Å². The quantitative estimate of drug-likeness (QED) is 0.694. The van der Waals surface area contributed by atoms with E-state index in [-0.39, 0.29) is 24.0 Å². The van der Waals surface area contributed by atoms with Gasteiger partial charge in [-0.1, -0.05) is 13.8 Å². The van der Waals surface area contributed by atoms with Crippen molar-refractivity contribution >= 4 is 5.97 Å². The number of nitrogens with one attached hydrogen (secondary N) is 1. The van der Waals surface area contributed by atoms with Gasteiger partial charge in [0.05, 0.1) is 12.0 Å². The Bertz CT molecular complexity index is 219. The van der Waals surface area contributed by atoms with Crippen LogP contribution in [0.3, 0.4) is 0 Å². The second-order valence-corrected chi connectivity index (χ2v) is 4.58. The molecule has 0 saturated carbocycles. The fourth-order valence-electron chi connectivity index (χ4n) is 1.80. The summed E-state index contributed by atoms with van der Waals surface area (Å²) in [6.07, 6.45) is 0.946. The van der Waals surface area contributed by atoms with Crippen LogP contribution in [-0.2, 0) is 9.53 Å². The number of carbonyl (C=O) groups excluding carboxylic acids is 1. The number of hydrogen-bond acceptors (Lipinski definition) is 4. The van der Waals surface area contributed by atoms with Crippen LogP contribution in [0.2, 0.25) is 0 Å².